The van der Waals surface area contributed by atoms with Gasteiger partial charge in [0.2, 0.25) is 6.79 Å². The van der Waals surface area contributed by atoms with E-state index >= 15 is 0 Å². The van der Waals surface area contributed by atoms with Crippen LogP contribution in [0.3, 0.4) is 0 Å². The summed E-state index contributed by atoms with van der Waals surface area (Å²) in [7, 11) is 0. The van der Waals surface area contributed by atoms with Crippen molar-refractivity contribution in [2.75, 3.05) is 13.4 Å². The van der Waals surface area contributed by atoms with E-state index in [-0.39, 0.29) is 24.5 Å². The Hall–Kier alpha value is -4.44. The van der Waals surface area contributed by atoms with Crippen LogP contribution in [-0.2, 0) is 14.3 Å². The highest BCUT2D eigenvalue weighted by Gasteiger charge is 2.34. The number of thiazole rings is 1. The molecule has 0 spiro atoms. The normalized spacial score (nSPS) is 16.6. The minimum Gasteiger partial charge on any atom is -0.478 e. The molecular formula is C27H22N2O7S. The molecule has 0 fully saturated rings. The Kier molecular flexibility index (Phi) is 6.49. The summed E-state index contributed by atoms with van der Waals surface area (Å²) < 4.78 is 18.2. The van der Waals surface area contributed by atoms with E-state index in [1.165, 1.54) is 22.0 Å². The number of aromatic nitrogens is 1. The molecule has 1 aromatic heterocycles. The fourth-order valence-corrected chi connectivity index (χ4v) is 5.26. The van der Waals surface area contributed by atoms with E-state index in [0.717, 1.165) is 17.2 Å². The standard InChI is InChI=1S/C27H22N2O7S/c1-3-34-26(33)23-15(2)28-27-29(24(23)18-9-10-19-20(13-18)36-14-35-19)25(32)21(37-27)12-17-6-4-16(5-7-17)8-11-22(30)31/h4-13,24H,3,14H2,1-2H3,(H,30,31)/b11-8+,21-12+. The first kappa shape index (κ1) is 24.3. The average Bonchev–Trinajstić information content (AvgIpc) is 3.46. The van der Waals surface area contributed by atoms with Crippen LogP contribution in [0.2, 0.25) is 0 Å². The topological polar surface area (TPSA) is 116 Å². The number of rotatable bonds is 6. The van der Waals surface area contributed by atoms with E-state index in [1.54, 1.807) is 62.4 Å². The second-order valence-corrected chi connectivity index (χ2v) is 9.26. The van der Waals surface area contributed by atoms with Gasteiger partial charge in [0.15, 0.2) is 16.3 Å². The quantitative estimate of drug-likeness (QED) is 0.394. The number of esters is 1. The van der Waals surface area contributed by atoms with Crippen LogP contribution in [0.15, 0.2) is 69.6 Å². The zero-order chi connectivity index (χ0) is 26.1. The van der Waals surface area contributed by atoms with Crippen molar-refractivity contribution in [3.63, 3.8) is 0 Å². The summed E-state index contributed by atoms with van der Waals surface area (Å²) in [4.78, 5) is 42.5. The first-order chi connectivity index (χ1) is 17.9. The molecule has 37 heavy (non-hydrogen) atoms. The molecule has 5 rings (SSSR count). The van der Waals surface area contributed by atoms with Gasteiger partial charge in [-0.05, 0) is 54.8 Å². The fraction of sp³-hybridized carbons (Fsp3) is 0.185. The number of carbonyl (C=O) groups is 2. The molecule has 0 radical (unpaired) electrons. The van der Waals surface area contributed by atoms with Gasteiger partial charge in [-0.1, -0.05) is 41.7 Å². The predicted octanol–water partition coefficient (Wildman–Crippen LogP) is 2.62. The maximum Gasteiger partial charge on any atom is 0.338 e. The van der Waals surface area contributed by atoms with E-state index in [4.69, 9.17) is 19.3 Å². The highest BCUT2D eigenvalue weighted by molar-refractivity contribution is 7.07. The lowest BCUT2D eigenvalue weighted by atomic mass is 9.95. The zero-order valence-electron chi connectivity index (χ0n) is 20.0. The monoisotopic (exact) mass is 518 g/mol. The average molecular weight is 519 g/mol. The maximum absolute atomic E-state index is 13.7. The number of carboxylic acid groups (broad SMARTS) is 1. The number of carboxylic acids is 1. The van der Waals surface area contributed by atoms with Crippen LogP contribution in [0.25, 0.3) is 12.2 Å². The molecule has 0 amide bonds. The summed E-state index contributed by atoms with van der Waals surface area (Å²) in [6, 6.07) is 11.7. The van der Waals surface area contributed by atoms with E-state index in [1.807, 2.05) is 0 Å². The summed E-state index contributed by atoms with van der Waals surface area (Å²) >= 11 is 1.22. The van der Waals surface area contributed by atoms with Crippen molar-refractivity contribution >= 4 is 35.4 Å². The number of carbonyl (C=O) groups excluding carboxylic acids is 1. The molecule has 0 aliphatic carbocycles. The van der Waals surface area contributed by atoms with E-state index in [9.17, 15) is 14.4 Å². The van der Waals surface area contributed by atoms with Crippen LogP contribution in [0.4, 0.5) is 0 Å². The molecule has 1 atom stereocenters. The van der Waals surface area contributed by atoms with Crippen molar-refractivity contribution in [1.82, 2.24) is 4.57 Å². The lowest BCUT2D eigenvalue weighted by Gasteiger charge is -2.24. The molecule has 2 aromatic carbocycles. The molecule has 1 N–H and O–H groups in total. The Bertz CT molecular complexity index is 1650. The Morgan fingerprint density at radius 1 is 1.16 bits per heavy atom. The number of ether oxygens (including phenoxy) is 3. The third kappa shape index (κ3) is 4.70. The van der Waals surface area contributed by atoms with Crippen LogP contribution in [0.1, 0.15) is 36.6 Å². The third-order valence-corrected chi connectivity index (χ3v) is 6.86. The lowest BCUT2D eigenvalue weighted by molar-refractivity contribution is -0.139. The lowest BCUT2D eigenvalue weighted by Crippen LogP contribution is -2.39. The van der Waals surface area contributed by atoms with Crippen LogP contribution in [-0.4, -0.2) is 35.0 Å². The number of aliphatic carboxylic acids is 1. The number of fused-ring (bicyclic) bond motifs is 2. The maximum atomic E-state index is 13.7. The summed E-state index contributed by atoms with van der Waals surface area (Å²) in [5.74, 6) is -0.434. The van der Waals surface area contributed by atoms with E-state index < -0.39 is 18.0 Å². The van der Waals surface area contributed by atoms with E-state index in [2.05, 4.69) is 4.99 Å². The highest BCUT2D eigenvalue weighted by atomic mass is 32.1. The number of allylic oxidation sites excluding steroid dienone is 1. The van der Waals surface area contributed by atoms with Gasteiger partial charge in [-0.15, -0.1) is 0 Å². The summed E-state index contributed by atoms with van der Waals surface area (Å²) in [5, 5.41) is 8.80. The van der Waals surface area contributed by atoms with Crippen molar-refractivity contribution < 1.29 is 28.9 Å². The van der Waals surface area contributed by atoms with Gasteiger partial charge in [-0.3, -0.25) is 9.36 Å². The first-order valence-corrected chi connectivity index (χ1v) is 12.3. The van der Waals surface area contributed by atoms with Crippen LogP contribution in [0, 0.1) is 0 Å². The third-order valence-electron chi connectivity index (χ3n) is 5.88. The SMILES string of the molecule is CCOC(=O)C1=C(C)N=c2s/c(=C/c3ccc(/C=C/C(=O)O)cc3)c(=O)n2C1c1ccc2c(c1)OCO2. The second-order valence-electron chi connectivity index (χ2n) is 8.25. The van der Waals surface area contributed by atoms with Gasteiger partial charge in [0.05, 0.1) is 28.5 Å². The fourth-order valence-electron chi connectivity index (χ4n) is 4.21. The van der Waals surface area contributed by atoms with Gasteiger partial charge in [0.25, 0.3) is 5.56 Å². The Morgan fingerprint density at radius 3 is 2.62 bits per heavy atom. The van der Waals surface area contributed by atoms with Gasteiger partial charge in [0, 0.05) is 6.08 Å². The number of nitrogens with zero attached hydrogens (tertiary/aromatic N) is 2. The minimum atomic E-state index is -1.03. The molecule has 0 saturated carbocycles. The number of hydrogen-bond acceptors (Lipinski definition) is 8. The highest BCUT2D eigenvalue weighted by Crippen LogP contribution is 2.38. The smallest absolute Gasteiger partial charge is 0.338 e. The van der Waals surface area contributed by atoms with Crippen molar-refractivity contribution in [3.8, 4) is 11.5 Å². The van der Waals surface area contributed by atoms with Crippen LogP contribution >= 0.6 is 11.3 Å². The Labute approximate surface area is 214 Å². The summed E-state index contributed by atoms with van der Waals surface area (Å²) in [5.41, 5.74) is 2.62. The molecule has 188 valence electrons. The molecular weight excluding hydrogens is 496 g/mol. The van der Waals surface area contributed by atoms with E-state index in [0.29, 0.717) is 32.1 Å². The molecule has 10 heteroatoms. The first-order valence-electron chi connectivity index (χ1n) is 11.5. The van der Waals surface area contributed by atoms with Crippen molar-refractivity contribution in [1.29, 1.82) is 0 Å². The zero-order valence-corrected chi connectivity index (χ0v) is 20.8. The molecule has 3 heterocycles. The van der Waals surface area contributed by atoms with Crippen molar-refractivity contribution in [2.45, 2.75) is 19.9 Å². The summed E-state index contributed by atoms with van der Waals surface area (Å²) in [6.45, 7) is 3.74. The van der Waals surface area contributed by atoms with Crippen molar-refractivity contribution in [2.24, 2.45) is 4.99 Å². The second kappa shape index (κ2) is 9.90. The summed E-state index contributed by atoms with van der Waals surface area (Å²) in [6.07, 6.45) is 4.30. The predicted molar refractivity (Wildman–Crippen MR) is 136 cm³/mol. The molecule has 9 nitrogen and oxygen atoms in total. The molecule has 3 aromatic rings. The molecule has 2 aliphatic heterocycles. The molecule has 1 unspecified atom stereocenters. The number of benzene rings is 2. The van der Waals surface area contributed by atoms with Crippen LogP contribution < -0.4 is 24.4 Å². The molecule has 0 bridgehead atoms. The largest absolute Gasteiger partial charge is 0.478 e. The van der Waals surface area contributed by atoms with Gasteiger partial charge in [-0.2, -0.15) is 0 Å². The Morgan fingerprint density at radius 2 is 1.89 bits per heavy atom. The van der Waals surface area contributed by atoms with Crippen molar-refractivity contribution in [3.05, 3.63) is 96.2 Å². The van der Waals surface area contributed by atoms with Gasteiger partial charge in [-0.25, -0.2) is 14.6 Å². The number of hydrogen-bond donors (Lipinski definition) is 1. The molecule has 2 aliphatic rings. The van der Waals surface area contributed by atoms with Gasteiger partial charge in [0.1, 0.15) is 0 Å². The van der Waals surface area contributed by atoms with Gasteiger partial charge < -0.3 is 19.3 Å². The molecule has 0 saturated heterocycles. The van der Waals surface area contributed by atoms with Crippen LogP contribution in [0.5, 0.6) is 11.5 Å². The minimum absolute atomic E-state index is 0.103. The Balaban J connectivity index is 1.63. The van der Waals surface area contributed by atoms with Gasteiger partial charge >= 0.3 is 11.9 Å².